The van der Waals surface area contributed by atoms with Crippen LogP contribution in [-0.4, -0.2) is 17.3 Å². The van der Waals surface area contributed by atoms with E-state index in [1.165, 1.54) is 11.5 Å². The van der Waals surface area contributed by atoms with Crippen molar-refractivity contribution in [2.45, 2.75) is 5.03 Å². The Morgan fingerprint density at radius 2 is 1.85 bits per heavy atom. The average molecular weight is 286 g/mol. The number of fused-ring (bicyclic) bond motifs is 1. The van der Waals surface area contributed by atoms with Crippen LogP contribution in [-0.2, 0) is 0 Å². The Balaban J connectivity index is 1.54. The SMILES string of the molecule is Fc1ccccc1NCCSc1cc2ccccc2[nH]1. The second-order valence-electron chi connectivity index (χ2n) is 4.48. The van der Waals surface area contributed by atoms with E-state index in [0.717, 1.165) is 22.8 Å². The van der Waals surface area contributed by atoms with Gasteiger partial charge in [0.1, 0.15) is 5.82 Å². The maximum absolute atomic E-state index is 13.4. The summed E-state index contributed by atoms with van der Waals surface area (Å²) < 4.78 is 13.4. The van der Waals surface area contributed by atoms with Gasteiger partial charge in [0, 0.05) is 23.2 Å². The number of aromatic amines is 1. The zero-order valence-corrected chi connectivity index (χ0v) is 11.7. The summed E-state index contributed by atoms with van der Waals surface area (Å²) in [6, 6.07) is 17.1. The molecule has 0 radical (unpaired) electrons. The second-order valence-corrected chi connectivity index (χ2v) is 5.61. The van der Waals surface area contributed by atoms with E-state index in [1.54, 1.807) is 23.9 Å². The van der Waals surface area contributed by atoms with Crippen molar-refractivity contribution in [3.05, 3.63) is 60.4 Å². The van der Waals surface area contributed by atoms with Crippen molar-refractivity contribution in [2.75, 3.05) is 17.6 Å². The molecule has 0 spiro atoms. The van der Waals surface area contributed by atoms with Crippen LogP contribution in [0.4, 0.5) is 10.1 Å². The van der Waals surface area contributed by atoms with Crippen molar-refractivity contribution in [1.29, 1.82) is 0 Å². The second kappa shape index (κ2) is 6.01. The number of halogens is 1. The number of hydrogen-bond acceptors (Lipinski definition) is 2. The van der Waals surface area contributed by atoms with Gasteiger partial charge in [0.15, 0.2) is 0 Å². The molecule has 0 bridgehead atoms. The molecule has 2 nitrogen and oxygen atoms in total. The fraction of sp³-hybridized carbons (Fsp3) is 0.125. The summed E-state index contributed by atoms with van der Waals surface area (Å²) in [5, 5.41) is 5.47. The highest BCUT2D eigenvalue weighted by Crippen LogP contribution is 2.23. The molecule has 0 saturated heterocycles. The third kappa shape index (κ3) is 2.96. The van der Waals surface area contributed by atoms with E-state index >= 15 is 0 Å². The van der Waals surface area contributed by atoms with Crippen molar-refractivity contribution in [3.63, 3.8) is 0 Å². The number of anilines is 1. The van der Waals surface area contributed by atoms with E-state index in [0.29, 0.717) is 5.69 Å². The molecule has 0 saturated carbocycles. The number of H-pyrrole nitrogens is 1. The normalized spacial score (nSPS) is 10.8. The summed E-state index contributed by atoms with van der Waals surface area (Å²) in [6.45, 7) is 0.723. The van der Waals surface area contributed by atoms with Gasteiger partial charge in [-0.15, -0.1) is 11.8 Å². The van der Waals surface area contributed by atoms with Crippen LogP contribution in [0.5, 0.6) is 0 Å². The lowest BCUT2D eigenvalue weighted by molar-refractivity contribution is 0.630. The van der Waals surface area contributed by atoms with Crippen LogP contribution in [0.3, 0.4) is 0 Å². The first-order chi connectivity index (χ1) is 9.83. The summed E-state index contributed by atoms with van der Waals surface area (Å²) >= 11 is 1.73. The van der Waals surface area contributed by atoms with E-state index in [2.05, 4.69) is 28.5 Å². The van der Waals surface area contributed by atoms with Crippen molar-refractivity contribution < 1.29 is 4.39 Å². The Bertz CT molecular complexity index is 675. The number of hydrogen-bond donors (Lipinski definition) is 2. The largest absolute Gasteiger partial charge is 0.382 e. The number of rotatable bonds is 5. The summed E-state index contributed by atoms with van der Waals surface area (Å²) in [6.07, 6.45) is 0. The molecule has 3 rings (SSSR count). The van der Waals surface area contributed by atoms with Crippen LogP contribution in [0.1, 0.15) is 0 Å². The lowest BCUT2D eigenvalue weighted by atomic mass is 10.3. The molecule has 4 heteroatoms. The minimum Gasteiger partial charge on any atom is -0.382 e. The highest BCUT2D eigenvalue weighted by atomic mass is 32.2. The molecule has 1 aromatic heterocycles. The number of aromatic nitrogens is 1. The molecule has 1 heterocycles. The number of benzene rings is 2. The van der Waals surface area contributed by atoms with Gasteiger partial charge in [-0.1, -0.05) is 30.3 Å². The van der Waals surface area contributed by atoms with Gasteiger partial charge in [0.25, 0.3) is 0 Å². The van der Waals surface area contributed by atoms with E-state index in [-0.39, 0.29) is 5.82 Å². The summed E-state index contributed by atoms with van der Waals surface area (Å²) in [5.74, 6) is 0.671. The smallest absolute Gasteiger partial charge is 0.146 e. The van der Waals surface area contributed by atoms with Gasteiger partial charge in [-0.3, -0.25) is 0 Å². The maximum Gasteiger partial charge on any atom is 0.146 e. The van der Waals surface area contributed by atoms with Gasteiger partial charge < -0.3 is 10.3 Å². The summed E-state index contributed by atoms with van der Waals surface area (Å²) in [4.78, 5) is 3.37. The highest BCUT2D eigenvalue weighted by Gasteiger charge is 2.02. The fourth-order valence-electron chi connectivity index (χ4n) is 2.08. The number of para-hydroxylation sites is 2. The summed E-state index contributed by atoms with van der Waals surface area (Å²) in [7, 11) is 0. The summed E-state index contributed by atoms with van der Waals surface area (Å²) in [5.41, 5.74) is 1.71. The van der Waals surface area contributed by atoms with E-state index in [4.69, 9.17) is 0 Å². The predicted octanol–water partition coefficient (Wildman–Crippen LogP) is 4.51. The van der Waals surface area contributed by atoms with Crippen LogP contribution in [0, 0.1) is 5.82 Å². The van der Waals surface area contributed by atoms with Gasteiger partial charge in [-0.2, -0.15) is 0 Å². The Hall–Kier alpha value is -1.94. The van der Waals surface area contributed by atoms with Crippen molar-refractivity contribution in [2.24, 2.45) is 0 Å². The van der Waals surface area contributed by atoms with E-state index in [1.807, 2.05) is 18.2 Å². The van der Waals surface area contributed by atoms with Gasteiger partial charge in [-0.05, 0) is 24.3 Å². The van der Waals surface area contributed by atoms with Crippen LogP contribution in [0.2, 0.25) is 0 Å². The fourth-order valence-corrected chi connectivity index (χ4v) is 2.89. The molecule has 0 amide bonds. The molecule has 0 aliphatic rings. The van der Waals surface area contributed by atoms with E-state index in [9.17, 15) is 4.39 Å². The first-order valence-electron chi connectivity index (χ1n) is 6.52. The molecule has 0 fully saturated rings. The predicted molar refractivity (Wildman–Crippen MR) is 83.9 cm³/mol. The molecule has 3 aromatic rings. The standard InChI is InChI=1S/C16H15FN2S/c17-13-6-2-4-8-15(13)18-9-10-20-16-11-12-5-1-3-7-14(12)19-16/h1-8,11,18-19H,9-10H2. The van der Waals surface area contributed by atoms with Crippen LogP contribution < -0.4 is 5.32 Å². The Labute approximate surface area is 121 Å². The molecule has 2 aromatic carbocycles. The Morgan fingerprint density at radius 3 is 2.70 bits per heavy atom. The molecule has 0 aliphatic carbocycles. The van der Waals surface area contributed by atoms with Crippen LogP contribution in [0.25, 0.3) is 10.9 Å². The van der Waals surface area contributed by atoms with Crippen molar-refractivity contribution in [3.8, 4) is 0 Å². The van der Waals surface area contributed by atoms with Crippen molar-refractivity contribution >= 4 is 28.4 Å². The lowest BCUT2D eigenvalue weighted by Crippen LogP contribution is -2.05. The zero-order chi connectivity index (χ0) is 13.8. The Morgan fingerprint density at radius 1 is 1.05 bits per heavy atom. The number of thioether (sulfide) groups is 1. The molecule has 102 valence electrons. The molecular formula is C16H15FN2S. The first-order valence-corrected chi connectivity index (χ1v) is 7.50. The monoisotopic (exact) mass is 286 g/mol. The minimum absolute atomic E-state index is 0.205. The average Bonchev–Trinajstić information content (AvgIpc) is 2.88. The van der Waals surface area contributed by atoms with Crippen LogP contribution in [0.15, 0.2) is 59.6 Å². The minimum atomic E-state index is -0.205. The maximum atomic E-state index is 13.4. The topological polar surface area (TPSA) is 27.8 Å². The third-order valence-electron chi connectivity index (χ3n) is 3.05. The molecule has 20 heavy (non-hydrogen) atoms. The highest BCUT2D eigenvalue weighted by molar-refractivity contribution is 7.99. The van der Waals surface area contributed by atoms with Crippen LogP contribution >= 0.6 is 11.8 Å². The Kier molecular flexibility index (Phi) is 3.92. The first kappa shape index (κ1) is 13.1. The van der Waals surface area contributed by atoms with Gasteiger partial charge in [0.05, 0.1) is 10.7 Å². The lowest BCUT2D eigenvalue weighted by Gasteiger charge is -2.06. The third-order valence-corrected chi connectivity index (χ3v) is 3.99. The van der Waals surface area contributed by atoms with Gasteiger partial charge in [-0.25, -0.2) is 4.39 Å². The zero-order valence-electron chi connectivity index (χ0n) is 10.9. The van der Waals surface area contributed by atoms with Gasteiger partial charge in [0.2, 0.25) is 0 Å². The van der Waals surface area contributed by atoms with E-state index < -0.39 is 0 Å². The van der Waals surface area contributed by atoms with Crippen molar-refractivity contribution in [1.82, 2.24) is 4.98 Å². The quantitative estimate of drug-likeness (QED) is 0.533. The molecule has 0 unspecified atom stereocenters. The number of nitrogens with one attached hydrogen (secondary N) is 2. The molecule has 0 atom stereocenters. The molecule has 0 aliphatic heterocycles. The van der Waals surface area contributed by atoms with Gasteiger partial charge >= 0.3 is 0 Å². The molecule has 2 N–H and O–H groups in total. The molecular weight excluding hydrogens is 271 g/mol.